The molecule has 3 heteroatoms. The van der Waals surface area contributed by atoms with E-state index in [0.29, 0.717) is 16.5 Å². The van der Waals surface area contributed by atoms with Crippen molar-refractivity contribution < 1.29 is 4.39 Å². The van der Waals surface area contributed by atoms with Gasteiger partial charge in [0.1, 0.15) is 5.82 Å². The summed E-state index contributed by atoms with van der Waals surface area (Å²) < 4.78 is 14.1. The largest absolute Gasteiger partial charge is 0.310 e. The van der Waals surface area contributed by atoms with Gasteiger partial charge in [-0.1, -0.05) is 64.1 Å². The van der Waals surface area contributed by atoms with Gasteiger partial charge in [0, 0.05) is 16.6 Å². The molecule has 1 N–H and O–H groups in total. The van der Waals surface area contributed by atoms with Gasteiger partial charge in [-0.25, -0.2) is 4.39 Å². The average molecular weight is 300 g/mol. The van der Waals surface area contributed by atoms with Gasteiger partial charge in [0.15, 0.2) is 0 Å². The molecule has 0 saturated heterocycles. The molecule has 1 aromatic carbocycles. The maximum absolute atomic E-state index is 14.1. The summed E-state index contributed by atoms with van der Waals surface area (Å²) in [5.41, 5.74) is 0.631. The zero-order valence-electron chi connectivity index (χ0n) is 12.9. The predicted molar refractivity (Wildman–Crippen MR) is 85.8 cm³/mol. The van der Waals surface area contributed by atoms with E-state index in [9.17, 15) is 4.39 Å². The van der Waals surface area contributed by atoms with Gasteiger partial charge >= 0.3 is 0 Å². The van der Waals surface area contributed by atoms with Gasteiger partial charge in [0.2, 0.25) is 0 Å². The number of hydrogen-bond donors (Lipinski definition) is 1. The fraction of sp³-hybridized carbons (Fsp3) is 0.647. The summed E-state index contributed by atoms with van der Waals surface area (Å²) in [6.45, 7) is 7.29. The van der Waals surface area contributed by atoms with E-state index >= 15 is 0 Å². The van der Waals surface area contributed by atoms with Crippen molar-refractivity contribution in [1.82, 2.24) is 5.32 Å². The highest BCUT2D eigenvalue weighted by molar-refractivity contribution is 6.31. The molecule has 0 bridgehead atoms. The van der Waals surface area contributed by atoms with Crippen molar-refractivity contribution in [1.29, 1.82) is 0 Å². The minimum Gasteiger partial charge on any atom is -0.310 e. The second-order valence-corrected chi connectivity index (χ2v) is 5.81. The predicted octanol–water partition coefficient (Wildman–Crippen LogP) is 5.74. The Morgan fingerprint density at radius 3 is 2.55 bits per heavy atom. The van der Waals surface area contributed by atoms with E-state index in [2.05, 4.69) is 26.1 Å². The highest BCUT2D eigenvalue weighted by Gasteiger charge is 2.21. The van der Waals surface area contributed by atoms with E-state index < -0.39 is 0 Å². The first-order valence-electron chi connectivity index (χ1n) is 7.81. The van der Waals surface area contributed by atoms with Gasteiger partial charge in [-0.05, 0) is 31.0 Å². The summed E-state index contributed by atoms with van der Waals surface area (Å²) in [4.78, 5) is 0. The molecule has 0 fully saturated rings. The van der Waals surface area contributed by atoms with Crippen molar-refractivity contribution in [3.8, 4) is 0 Å². The lowest BCUT2D eigenvalue weighted by Crippen LogP contribution is -2.24. The van der Waals surface area contributed by atoms with E-state index in [1.165, 1.54) is 25.3 Å². The summed E-state index contributed by atoms with van der Waals surface area (Å²) in [5, 5.41) is 3.93. The van der Waals surface area contributed by atoms with Crippen LogP contribution in [0, 0.1) is 11.7 Å². The lowest BCUT2D eigenvalue weighted by molar-refractivity contribution is 0.351. The van der Waals surface area contributed by atoms with Crippen molar-refractivity contribution >= 4 is 11.6 Å². The number of hydrogen-bond acceptors (Lipinski definition) is 1. The summed E-state index contributed by atoms with van der Waals surface area (Å²) in [5.74, 6) is 0.420. The minimum atomic E-state index is -0.200. The van der Waals surface area contributed by atoms with E-state index in [1.54, 1.807) is 12.1 Å². The minimum absolute atomic E-state index is 0.00973. The molecular weight excluding hydrogens is 273 g/mol. The highest BCUT2D eigenvalue weighted by atomic mass is 35.5. The van der Waals surface area contributed by atoms with Crippen LogP contribution in [0.15, 0.2) is 18.2 Å². The summed E-state index contributed by atoms with van der Waals surface area (Å²) in [6, 6.07) is 4.95. The zero-order chi connectivity index (χ0) is 15.0. The molecule has 2 atom stereocenters. The van der Waals surface area contributed by atoms with Crippen LogP contribution in [-0.2, 0) is 0 Å². The van der Waals surface area contributed by atoms with Crippen LogP contribution >= 0.6 is 11.6 Å². The van der Waals surface area contributed by atoms with Gasteiger partial charge in [0.25, 0.3) is 0 Å². The second kappa shape index (κ2) is 9.36. The maximum atomic E-state index is 14.1. The highest BCUT2D eigenvalue weighted by Crippen LogP contribution is 2.32. The molecular formula is C17H27ClFN. The molecule has 0 heterocycles. The number of unbranched alkanes of at least 4 members (excludes halogenated alkanes) is 1. The molecule has 0 radical (unpaired) electrons. The number of halogens is 2. The Morgan fingerprint density at radius 2 is 2.00 bits per heavy atom. The molecule has 1 rings (SSSR count). The zero-order valence-corrected chi connectivity index (χ0v) is 13.6. The number of rotatable bonds is 9. The first-order chi connectivity index (χ1) is 9.63. The molecule has 1 aromatic rings. The standard InChI is InChI=1S/C17H27ClFN/c1-4-7-9-13(5-2)12-16(20-6-3)17-14(18)10-8-11-15(17)19/h8,10-11,13,16,20H,4-7,9,12H2,1-3H3. The van der Waals surface area contributed by atoms with Crippen LogP contribution in [0.2, 0.25) is 5.02 Å². The fourth-order valence-electron chi connectivity index (χ4n) is 2.71. The van der Waals surface area contributed by atoms with Crippen molar-refractivity contribution in [2.75, 3.05) is 6.54 Å². The van der Waals surface area contributed by atoms with E-state index in [4.69, 9.17) is 11.6 Å². The van der Waals surface area contributed by atoms with Gasteiger partial charge in [0.05, 0.1) is 0 Å². The third-order valence-electron chi connectivity index (χ3n) is 3.91. The SMILES string of the molecule is CCCCC(CC)CC(NCC)c1c(F)cccc1Cl. The van der Waals surface area contributed by atoms with Gasteiger partial charge in [-0.3, -0.25) is 0 Å². The van der Waals surface area contributed by atoms with Crippen LogP contribution in [0.3, 0.4) is 0 Å². The Bertz CT molecular complexity index is 374. The van der Waals surface area contributed by atoms with Gasteiger partial charge in [-0.2, -0.15) is 0 Å². The first kappa shape index (κ1) is 17.5. The molecule has 0 spiro atoms. The van der Waals surface area contributed by atoms with Crippen molar-refractivity contribution in [2.24, 2.45) is 5.92 Å². The Kier molecular flexibility index (Phi) is 8.16. The van der Waals surface area contributed by atoms with Crippen LogP contribution in [0.4, 0.5) is 4.39 Å². The summed E-state index contributed by atoms with van der Waals surface area (Å²) in [6.07, 6.45) is 5.74. The van der Waals surface area contributed by atoms with E-state index in [1.807, 2.05) is 0 Å². The summed E-state index contributed by atoms with van der Waals surface area (Å²) >= 11 is 6.21. The Labute approximate surface area is 127 Å². The normalized spacial score (nSPS) is 14.2. The number of nitrogens with one attached hydrogen (secondary N) is 1. The molecule has 2 unspecified atom stereocenters. The smallest absolute Gasteiger partial charge is 0.129 e. The first-order valence-corrected chi connectivity index (χ1v) is 8.19. The molecule has 0 aliphatic carbocycles. The quantitative estimate of drug-likeness (QED) is 0.613. The third kappa shape index (κ3) is 5.06. The van der Waals surface area contributed by atoms with Crippen molar-refractivity contribution in [3.05, 3.63) is 34.6 Å². The molecule has 0 saturated carbocycles. The topological polar surface area (TPSA) is 12.0 Å². The average Bonchev–Trinajstić information content (AvgIpc) is 2.43. The maximum Gasteiger partial charge on any atom is 0.129 e. The van der Waals surface area contributed by atoms with Crippen LogP contribution in [-0.4, -0.2) is 6.54 Å². The summed E-state index contributed by atoms with van der Waals surface area (Å²) in [7, 11) is 0. The number of benzene rings is 1. The Morgan fingerprint density at radius 1 is 1.25 bits per heavy atom. The van der Waals surface area contributed by atoms with E-state index in [-0.39, 0.29) is 11.9 Å². The Balaban J connectivity index is 2.87. The van der Waals surface area contributed by atoms with Crippen LogP contribution in [0.25, 0.3) is 0 Å². The molecule has 0 aromatic heterocycles. The fourth-order valence-corrected chi connectivity index (χ4v) is 3.00. The van der Waals surface area contributed by atoms with Crippen LogP contribution in [0.5, 0.6) is 0 Å². The van der Waals surface area contributed by atoms with E-state index in [0.717, 1.165) is 19.4 Å². The van der Waals surface area contributed by atoms with Crippen molar-refractivity contribution in [3.63, 3.8) is 0 Å². The van der Waals surface area contributed by atoms with Gasteiger partial charge in [-0.15, -0.1) is 0 Å². The van der Waals surface area contributed by atoms with Crippen LogP contribution < -0.4 is 5.32 Å². The lowest BCUT2D eigenvalue weighted by Gasteiger charge is -2.25. The van der Waals surface area contributed by atoms with Crippen LogP contribution in [0.1, 0.15) is 64.5 Å². The van der Waals surface area contributed by atoms with Gasteiger partial charge < -0.3 is 5.32 Å². The third-order valence-corrected chi connectivity index (χ3v) is 4.24. The second-order valence-electron chi connectivity index (χ2n) is 5.40. The van der Waals surface area contributed by atoms with Crippen molar-refractivity contribution in [2.45, 2.75) is 58.9 Å². The molecule has 0 amide bonds. The lowest BCUT2D eigenvalue weighted by atomic mass is 9.89. The molecule has 0 aliphatic rings. The molecule has 114 valence electrons. The Hall–Kier alpha value is -0.600. The molecule has 1 nitrogen and oxygen atoms in total. The monoisotopic (exact) mass is 299 g/mol. The molecule has 0 aliphatic heterocycles. The molecule has 20 heavy (non-hydrogen) atoms.